The van der Waals surface area contributed by atoms with E-state index in [4.69, 9.17) is 0 Å². The van der Waals surface area contributed by atoms with Gasteiger partial charge in [-0.3, -0.25) is 9.97 Å². The molecular weight excluding hydrogens is 550 g/mol. The summed E-state index contributed by atoms with van der Waals surface area (Å²) in [5.41, 5.74) is 6.87. The first-order chi connectivity index (χ1) is 15.7. The standard InChI is InChI=1S/2C15H12N.2ClH.Zr/c2*1-11-6-7-15(16-10-11)14-8-12-4-2-3-5-13(12)9-14;;;/h2*2-10H,1H3;2*1H;/q2*-1;;;+4/p-2. The van der Waals surface area contributed by atoms with Gasteiger partial charge in [-0.1, -0.05) is 60.7 Å². The molecule has 0 amide bonds. The summed E-state index contributed by atoms with van der Waals surface area (Å²) in [5.74, 6) is 0. The van der Waals surface area contributed by atoms with E-state index in [9.17, 15) is 0 Å². The van der Waals surface area contributed by atoms with E-state index in [0.717, 1.165) is 11.4 Å². The van der Waals surface area contributed by atoms with Gasteiger partial charge < -0.3 is 24.8 Å². The zero-order valence-corrected chi connectivity index (χ0v) is 23.5. The Bertz CT molecular complexity index is 1300. The Morgan fingerprint density at radius 1 is 0.543 bits per heavy atom. The smallest absolute Gasteiger partial charge is 1.00 e. The van der Waals surface area contributed by atoms with Crippen molar-refractivity contribution < 1.29 is 51.0 Å². The summed E-state index contributed by atoms with van der Waals surface area (Å²) in [4.78, 5) is 8.89. The van der Waals surface area contributed by atoms with Gasteiger partial charge in [0.25, 0.3) is 0 Å². The molecule has 0 saturated heterocycles. The van der Waals surface area contributed by atoms with Gasteiger partial charge in [0.15, 0.2) is 0 Å². The van der Waals surface area contributed by atoms with Crippen LogP contribution < -0.4 is 24.8 Å². The van der Waals surface area contributed by atoms with Crippen LogP contribution in [0.4, 0.5) is 0 Å². The minimum atomic E-state index is 0. The molecule has 0 aliphatic rings. The predicted molar refractivity (Wildman–Crippen MR) is 135 cm³/mol. The van der Waals surface area contributed by atoms with Gasteiger partial charge in [-0.05, 0) is 25.0 Å². The van der Waals surface area contributed by atoms with Crippen molar-refractivity contribution in [3.05, 3.63) is 121 Å². The Labute approximate surface area is 238 Å². The van der Waals surface area contributed by atoms with E-state index in [0.29, 0.717) is 0 Å². The Balaban J connectivity index is 0.000000227. The molecular formula is C30H24Cl2N2Zr. The van der Waals surface area contributed by atoms with Gasteiger partial charge >= 0.3 is 26.2 Å². The third-order valence-corrected chi connectivity index (χ3v) is 5.65. The summed E-state index contributed by atoms with van der Waals surface area (Å²) in [6.07, 6.45) is 3.82. The quantitative estimate of drug-likeness (QED) is 0.295. The van der Waals surface area contributed by atoms with Crippen molar-refractivity contribution in [1.82, 2.24) is 9.97 Å². The van der Waals surface area contributed by atoms with Crippen LogP contribution in [0.25, 0.3) is 44.1 Å². The van der Waals surface area contributed by atoms with Crippen LogP contribution in [0, 0.1) is 13.8 Å². The van der Waals surface area contributed by atoms with Gasteiger partial charge in [0.2, 0.25) is 0 Å². The molecule has 0 radical (unpaired) electrons. The molecule has 0 aliphatic carbocycles. The fourth-order valence-corrected chi connectivity index (χ4v) is 3.87. The SMILES string of the molecule is Cc1ccc(-c2cc3ccccc3[cH-]2)nc1.Cc1ccc(-c2cc3ccccc3[cH-]2)nc1.[Cl-].[Cl-].[Zr+4]. The van der Waals surface area contributed by atoms with E-state index >= 15 is 0 Å². The van der Waals surface area contributed by atoms with Crippen LogP contribution in [0.2, 0.25) is 0 Å². The first-order valence-electron chi connectivity index (χ1n) is 10.8. The summed E-state index contributed by atoms with van der Waals surface area (Å²) in [7, 11) is 0. The molecule has 0 N–H and O–H groups in total. The number of nitrogens with zero attached hydrogens (tertiary/aromatic N) is 2. The Hall–Kier alpha value is -2.58. The van der Waals surface area contributed by atoms with Gasteiger partial charge in [-0.15, -0.1) is 69.1 Å². The maximum absolute atomic E-state index is 4.44. The van der Waals surface area contributed by atoms with Gasteiger partial charge in [-0.2, -0.15) is 0 Å². The minimum absolute atomic E-state index is 0. The monoisotopic (exact) mass is 572 g/mol. The zero-order valence-electron chi connectivity index (χ0n) is 19.5. The number of hydrogen-bond donors (Lipinski definition) is 0. The molecule has 0 aliphatic heterocycles. The molecule has 4 aromatic carbocycles. The van der Waals surface area contributed by atoms with Gasteiger partial charge in [-0.25, -0.2) is 0 Å². The summed E-state index contributed by atoms with van der Waals surface area (Å²) in [5, 5.41) is 5.11. The van der Waals surface area contributed by atoms with Crippen molar-refractivity contribution in [1.29, 1.82) is 0 Å². The number of aromatic nitrogens is 2. The molecule has 0 spiro atoms. The van der Waals surface area contributed by atoms with Crippen molar-refractivity contribution in [3.8, 4) is 22.5 Å². The van der Waals surface area contributed by atoms with Crippen LogP contribution in [0.15, 0.2) is 109 Å². The molecule has 0 fully saturated rings. The maximum Gasteiger partial charge on any atom is 4.00 e. The van der Waals surface area contributed by atoms with Gasteiger partial charge in [0, 0.05) is 23.8 Å². The fourth-order valence-electron chi connectivity index (χ4n) is 3.87. The van der Waals surface area contributed by atoms with Crippen molar-refractivity contribution in [2.45, 2.75) is 13.8 Å². The fraction of sp³-hybridized carbons (Fsp3) is 0.0667. The topological polar surface area (TPSA) is 25.8 Å². The molecule has 0 bridgehead atoms. The number of fused-ring (bicyclic) bond motifs is 2. The third kappa shape index (κ3) is 6.76. The Morgan fingerprint density at radius 3 is 1.29 bits per heavy atom. The van der Waals surface area contributed by atoms with E-state index in [1.807, 2.05) is 12.4 Å². The maximum atomic E-state index is 4.44. The molecule has 2 aromatic heterocycles. The van der Waals surface area contributed by atoms with Crippen molar-refractivity contribution in [2.24, 2.45) is 0 Å². The molecule has 0 unspecified atom stereocenters. The van der Waals surface area contributed by atoms with E-state index in [1.54, 1.807) is 0 Å². The van der Waals surface area contributed by atoms with Gasteiger partial charge in [0.05, 0.1) is 0 Å². The molecule has 0 atom stereocenters. The summed E-state index contributed by atoms with van der Waals surface area (Å²) < 4.78 is 0. The first kappa shape index (κ1) is 28.7. The Morgan fingerprint density at radius 2 is 0.943 bits per heavy atom. The molecule has 0 saturated carbocycles. The van der Waals surface area contributed by atoms with Crippen molar-refractivity contribution in [2.75, 3.05) is 0 Å². The molecule has 2 nitrogen and oxygen atoms in total. The number of halogens is 2. The molecule has 6 aromatic rings. The van der Waals surface area contributed by atoms with Crippen LogP contribution >= 0.6 is 0 Å². The van der Waals surface area contributed by atoms with E-state index in [-0.39, 0.29) is 51.0 Å². The predicted octanol–water partition coefficient (Wildman–Crippen LogP) is 1.86. The molecule has 5 heteroatoms. The van der Waals surface area contributed by atoms with Crippen molar-refractivity contribution in [3.63, 3.8) is 0 Å². The Kier molecular flexibility index (Phi) is 10.6. The molecule has 35 heavy (non-hydrogen) atoms. The van der Waals surface area contributed by atoms with Gasteiger partial charge in [0.1, 0.15) is 0 Å². The molecule has 2 heterocycles. The summed E-state index contributed by atoms with van der Waals surface area (Å²) in [6.45, 7) is 4.11. The second-order valence-electron chi connectivity index (χ2n) is 8.19. The number of benzene rings is 2. The number of rotatable bonds is 2. The number of hydrogen-bond acceptors (Lipinski definition) is 2. The second-order valence-corrected chi connectivity index (χ2v) is 8.19. The van der Waals surface area contributed by atoms with E-state index < -0.39 is 0 Å². The van der Waals surface area contributed by atoms with Crippen LogP contribution in [0.5, 0.6) is 0 Å². The number of aryl methyl sites for hydroxylation is 2. The molecule has 172 valence electrons. The van der Waals surface area contributed by atoms with Crippen molar-refractivity contribution >= 4 is 21.5 Å². The first-order valence-corrected chi connectivity index (χ1v) is 10.8. The van der Waals surface area contributed by atoms with Crippen LogP contribution in [-0.2, 0) is 26.2 Å². The largest absolute Gasteiger partial charge is 4.00 e. The second kappa shape index (κ2) is 12.9. The van der Waals surface area contributed by atoms with E-state index in [2.05, 4.69) is 121 Å². The van der Waals surface area contributed by atoms with Crippen LogP contribution in [0.1, 0.15) is 11.1 Å². The molecule has 6 rings (SSSR count). The average Bonchev–Trinajstić information content (AvgIpc) is 3.45. The third-order valence-electron chi connectivity index (χ3n) is 5.65. The van der Waals surface area contributed by atoms with Crippen LogP contribution in [0.3, 0.4) is 0 Å². The normalized spacial score (nSPS) is 9.89. The minimum Gasteiger partial charge on any atom is -1.00 e. The van der Waals surface area contributed by atoms with E-state index in [1.165, 1.54) is 43.8 Å². The summed E-state index contributed by atoms with van der Waals surface area (Å²) in [6, 6.07) is 33.9. The zero-order chi connectivity index (χ0) is 21.9. The number of pyridine rings is 2. The van der Waals surface area contributed by atoms with Crippen LogP contribution in [-0.4, -0.2) is 9.97 Å². The summed E-state index contributed by atoms with van der Waals surface area (Å²) >= 11 is 0. The average molecular weight is 575 g/mol.